The molecule has 2 unspecified atom stereocenters. The summed E-state index contributed by atoms with van der Waals surface area (Å²) >= 11 is 0. The predicted molar refractivity (Wildman–Crippen MR) is 43.7 cm³/mol. The first-order valence-electron chi connectivity index (χ1n) is 4.20. The van der Waals surface area contributed by atoms with Gasteiger partial charge in [-0.1, -0.05) is 19.8 Å². The summed E-state index contributed by atoms with van der Waals surface area (Å²) in [4.78, 5) is 11.0. The third-order valence-corrected chi connectivity index (χ3v) is 2.82. The van der Waals surface area contributed by atoms with E-state index in [1.165, 1.54) is 0 Å². The smallest absolute Gasteiger partial charge is 0.237 e. The van der Waals surface area contributed by atoms with E-state index in [4.69, 9.17) is 11.5 Å². The van der Waals surface area contributed by atoms with Crippen molar-refractivity contribution in [2.45, 2.75) is 38.1 Å². The molecule has 0 aromatic carbocycles. The Morgan fingerprint density at radius 1 is 1.73 bits per heavy atom. The molecule has 1 aliphatic carbocycles. The minimum Gasteiger partial charge on any atom is -0.368 e. The van der Waals surface area contributed by atoms with Crippen molar-refractivity contribution in [2.24, 2.45) is 17.4 Å². The van der Waals surface area contributed by atoms with Crippen molar-refractivity contribution < 1.29 is 4.79 Å². The lowest BCUT2D eigenvalue weighted by atomic mass is 9.85. The second-order valence-electron chi connectivity index (χ2n) is 3.40. The molecule has 0 aromatic rings. The molecule has 0 heterocycles. The normalized spacial score (nSPS) is 37.5. The number of hydrogen-bond acceptors (Lipinski definition) is 2. The number of carbonyl (C=O) groups excluding carboxylic acids is 1. The van der Waals surface area contributed by atoms with Crippen molar-refractivity contribution in [2.75, 3.05) is 0 Å². The molecule has 3 heteroatoms. The van der Waals surface area contributed by atoms with Crippen molar-refractivity contribution in [3.05, 3.63) is 0 Å². The Morgan fingerprint density at radius 2 is 2.36 bits per heavy atom. The predicted octanol–water partition coefficient (Wildman–Crippen LogP) is 0.379. The Labute approximate surface area is 67.1 Å². The summed E-state index contributed by atoms with van der Waals surface area (Å²) in [6.45, 7) is 2.06. The molecule has 2 atom stereocenters. The summed E-state index contributed by atoms with van der Waals surface area (Å²) in [5.74, 6) is -0.0261. The molecule has 0 radical (unpaired) electrons. The number of primary amides is 1. The highest BCUT2D eigenvalue weighted by atomic mass is 16.1. The highest BCUT2D eigenvalue weighted by molar-refractivity contribution is 5.85. The molecule has 1 amide bonds. The molecule has 4 N–H and O–H groups in total. The molecule has 0 aromatic heterocycles. The first-order valence-corrected chi connectivity index (χ1v) is 4.20. The molecule has 1 fully saturated rings. The maximum Gasteiger partial charge on any atom is 0.237 e. The Balaban J connectivity index is 2.75. The third kappa shape index (κ3) is 1.25. The van der Waals surface area contributed by atoms with Crippen LogP contribution >= 0.6 is 0 Å². The monoisotopic (exact) mass is 156 g/mol. The molecule has 1 saturated carbocycles. The fraction of sp³-hybridized carbons (Fsp3) is 0.875. The van der Waals surface area contributed by atoms with Crippen molar-refractivity contribution >= 4 is 5.91 Å². The maximum atomic E-state index is 11.0. The molecular weight excluding hydrogens is 140 g/mol. The number of carbonyl (C=O) groups is 1. The highest BCUT2D eigenvalue weighted by Gasteiger charge is 2.43. The van der Waals surface area contributed by atoms with Crippen LogP contribution in [0, 0.1) is 5.92 Å². The summed E-state index contributed by atoms with van der Waals surface area (Å²) in [7, 11) is 0. The lowest BCUT2D eigenvalue weighted by Crippen LogP contribution is -2.54. The zero-order valence-corrected chi connectivity index (χ0v) is 6.97. The van der Waals surface area contributed by atoms with Gasteiger partial charge < -0.3 is 11.5 Å². The van der Waals surface area contributed by atoms with Crippen LogP contribution in [-0.4, -0.2) is 11.4 Å². The van der Waals surface area contributed by atoms with Crippen LogP contribution in [0.1, 0.15) is 32.6 Å². The standard InChI is InChI=1S/C8H16N2O/c1-2-6-4-3-5-8(6,10)7(9)11/h6H,2-5,10H2,1H3,(H2,9,11). The van der Waals surface area contributed by atoms with Crippen LogP contribution in [0.4, 0.5) is 0 Å². The van der Waals surface area contributed by atoms with Gasteiger partial charge in [0.25, 0.3) is 0 Å². The average Bonchev–Trinajstić information content (AvgIpc) is 2.32. The molecule has 3 nitrogen and oxygen atoms in total. The minimum absolute atomic E-state index is 0.306. The zero-order valence-electron chi connectivity index (χ0n) is 6.97. The number of nitrogens with two attached hydrogens (primary N) is 2. The molecule has 64 valence electrons. The van der Waals surface area contributed by atoms with Crippen LogP contribution in [0.3, 0.4) is 0 Å². The van der Waals surface area contributed by atoms with Crippen molar-refractivity contribution in [3.63, 3.8) is 0 Å². The van der Waals surface area contributed by atoms with E-state index in [0.29, 0.717) is 5.92 Å². The van der Waals surface area contributed by atoms with Gasteiger partial charge in [-0.15, -0.1) is 0 Å². The number of rotatable bonds is 2. The summed E-state index contributed by atoms with van der Waals surface area (Å²) in [6, 6.07) is 0. The van der Waals surface area contributed by atoms with Gasteiger partial charge >= 0.3 is 0 Å². The van der Waals surface area contributed by atoms with Gasteiger partial charge in [-0.2, -0.15) is 0 Å². The molecule has 0 aliphatic heterocycles. The zero-order chi connectivity index (χ0) is 8.48. The Bertz CT molecular complexity index is 169. The van der Waals surface area contributed by atoms with E-state index in [2.05, 4.69) is 6.92 Å². The van der Waals surface area contributed by atoms with E-state index >= 15 is 0 Å². The van der Waals surface area contributed by atoms with Gasteiger partial charge in [0.2, 0.25) is 5.91 Å². The lowest BCUT2D eigenvalue weighted by Gasteiger charge is -2.26. The summed E-state index contributed by atoms with van der Waals surface area (Å²) in [6.07, 6.45) is 3.81. The first-order chi connectivity index (χ1) is 5.11. The van der Waals surface area contributed by atoms with E-state index in [0.717, 1.165) is 25.7 Å². The van der Waals surface area contributed by atoms with Crippen molar-refractivity contribution in [1.82, 2.24) is 0 Å². The van der Waals surface area contributed by atoms with Gasteiger partial charge in [-0.3, -0.25) is 4.79 Å². The van der Waals surface area contributed by atoms with Gasteiger partial charge in [0.15, 0.2) is 0 Å². The van der Waals surface area contributed by atoms with E-state index in [-0.39, 0.29) is 5.91 Å². The quantitative estimate of drug-likeness (QED) is 0.606. The maximum absolute atomic E-state index is 11.0. The van der Waals surface area contributed by atoms with E-state index in [9.17, 15) is 4.79 Å². The first kappa shape index (κ1) is 8.53. The molecule has 1 rings (SSSR count). The van der Waals surface area contributed by atoms with Gasteiger partial charge in [0.1, 0.15) is 0 Å². The fourth-order valence-corrected chi connectivity index (χ4v) is 2.00. The average molecular weight is 156 g/mol. The molecular formula is C8H16N2O. The Morgan fingerprint density at radius 3 is 2.73 bits per heavy atom. The number of amides is 1. The van der Waals surface area contributed by atoms with Crippen LogP contribution < -0.4 is 11.5 Å². The summed E-state index contributed by atoms with van der Waals surface area (Å²) in [5, 5.41) is 0. The van der Waals surface area contributed by atoms with E-state index in [1.54, 1.807) is 0 Å². The van der Waals surface area contributed by atoms with E-state index in [1.807, 2.05) is 0 Å². The summed E-state index contributed by atoms with van der Waals surface area (Å²) in [5.41, 5.74) is 10.4. The molecule has 0 saturated heterocycles. The molecule has 1 aliphatic rings. The van der Waals surface area contributed by atoms with Crippen LogP contribution in [0.5, 0.6) is 0 Å². The van der Waals surface area contributed by atoms with Crippen LogP contribution in [-0.2, 0) is 4.79 Å². The molecule has 0 bridgehead atoms. The van der Waals surface area contributed by atoms with Crippen LogP contribution in [0.25, 0.3) is 0 Å². The minimum atomic E-state index is -0.700. The van der Waals surface area contributed by atoms with Crippen molar-refractivity contribution in [1.29, 1.82) is 0 Å². The van der Waals surface area contributed by atoms with Crippen LogP contribution in [0.15, 0.2) is 0 Å². The Hall–Kier alpha value is -0.570. The van der Waals surface area contributed by atoms with Gasteiger partial charge in [-0.25, -0.2) is 0 Å². The summed E-state index contributed by atoms with van der Waals surface area (Å²) < 4.78 is 0. The largest absolute Gasteiger partial charge is 0.368 e. The second kappa shape index (κ2) is 2.81. The van der Waals surface area contributed by atoms with Gasteiger partial charge in [0.05, 0.1) is 5.54 Å². The van der Waals surface area contributed by atoms with Gasteiger partial charge in [-0.05, 0) is 18.8 Å². The van der Waals surface area contributed by atoms with Crippen molar-refractivity contribution in [3.8, 4) is 0 Å². The highest BCUT2D eigenvalue weighted by Crippen LogP contribution is 2.35. The SMILES string of the molecule is CCC1CCCC1(N)C(N)=O. The Kier molecular flexibility index (Phi) is 2.18. The molecule has 11 heavy (non-hydrogen) atoms. The second-order valence-corrected chi connectivity index (χ2v) is 3.40. The number of hydrogen-bond donors (Lipinski definition) is 2. The molecule has 0 spiro atoms. The third-order valence-electron chi connectivity index (χ3n) is 2.82. The topological polar surface area (TPSA) is 69.1 Å². The van der Waals surface area contributed by atoms with E-state index < -0.39 is 5.54 Å². The van der Waals surface area contributed by atoms with Crippen LogP contribution in [0.2, 0.25) is 0 Å². The van der Waals surface area contributed by atoms with Gasteiger partial charge in [0, 0.05) is 0 Å². The lowest BCUT2D eigenvalue weighted by molar-refractivity contribution is -0.124. The fourth-order valence-electron chi connectivity index (χ4n) is 2.00.